The molecule has 1 aromatic rings. The van der Waals surface area contributed by atoms with E-state index in [9.17, 15) is 4.79 Å². The number of alkyl carbamates (subject to hydrolysis) is 1. The van der Waals surface area contributed by atoms with Gasteiger partial charge < -0.3 is 21.1 Å². The van der Waals surface area contributed by atoms with E-state index in [0.717, 1.165) is 0 Å². The van der Waals surface area contributed by atoms with E-state index < -0.39 is 11.7 Å². The number of nitrogens with one attached hydrogen (secondary N) is 2. The van der Waals surface area contributed by atoms with Gasteiger partial charge >= 0.3 is 6.09 Å². The third kappa shape index (κ3) is 6.98. The quantitative estimate of drug-likeness (QED) is 0.568. The van der Waals surface area contributed by atoms with Gasteiger partial charge in [0.05, 0.1) is 0 Å². The number of amides is 1. The number of aromatic nitrogens is 2. The van der Waals surface area contributed by atoms with Crippen LogP contribution in [0, 0.1) is 0 Å². The molecule has 1 heterocycles. The third-order valence-corrected chi connectivity index (χ3v) is 2.23. The summed E-state index contributed by atoms with van der Waals surface area (Å²) in [5.41, 5.74) is 4.98. The standard InChI is InChI=1S/C12H20ClN5O2/c1-12(2,3)20-11(19)16-6-4-5-15-9-7-8(13)17-10(14)18-9/h7H,4-6H2,1-3H3,(H,16,19)(H3,14,15,17,18). The molecule has 4 N–H and O–H groups in total. The van der Waals surface area contributed by atoms with E-state index >= 15 is 0 Å². The number of nitrogens with zero attached hydrogens (tertiary/aromatic N) is 2. The average molecular weight is 302 g/mol. The normalized spacial score (nSPS) is 11.0. The lowest BCUT2D eigenvalue weighted by molar-refractivity contribution is 0.0528. The molecule has 1 amide bonds. The van der Waals surface area contributed by atoms with Crippen molar-refractivity contribution in [1.82, 2.24) is 15.3 Å². The fourth-order valence-electron chi connectivity index (χ4n) is 1.34. The van der Waals surface area contributed by atoms with Gasteiger partial charge in [0.25, 0.3) is 0 Å². The Morgan fingerprint density at radius 3 is 2.70 bits per heavy atom. The number of ether oxygens (including phenoxy) is 1. The maximum Gasteiger partial charge on any atom is 0.407 e. The molecule has 0 fully saturated rings. The highest BCUT2D eigenvalue weighted by atomic mass is 35.5. The van der Waals surface area contributed by atoms with Crippen LogP contribution in [0.2, 0.25) is 5.15 Å². The van der Waals surface area contributed by atoms with Crippen molar-refractivity contribution in [2.75, 3.05) is 24.1 Å². The number of nitrogens with two attached hydrogens (primary N) is 1. The lowest BCUT2D eigenvalue weighted by atomic mass is 10.2. The minimum Gasteiger partial charge on any atom is -0.444 e. The van der Waals surface area contributed by atoms with E-state index in [1.807, 2.05) is 20.8 Å². The van der Waals surface area contributed by atoms with Crippen molar-refractivity contribution in [3.05, 3.63) is 11.2 Å². The topological polar surface area (TPSA) is 102 Å². The second-order valence-electron chi connectivity index (χ2n) is 5.14. The molecular weight excluding hydrogens is 282 g/mol. The Labute approximate surface area is 123 Å². The first-order valence-corrected chi connectivity index (χ1v) is 6.65. The monoisotopic (exact) mass is 301 g/mol. The van der Waals surface area contributed by atoms with Gasteiger partial charge in [-0.05, 0) is 27.2 Å². The molecule has 0 aromatic carbocycles. The Balaban J connectivity index is 2.20. The van der Waals surface area contributed by atoms with Gasteiger partial charge in [-0.25, -0.2) is 9.78 Å². The molecule has 7 nitrogen and oxygen atoms in total. The summed E-state index contributed by atoms with van der Waals surface area (Å²) in [5.74, 6) is 0.673. The lowest BCUT2D eigenvalue weighted by Gasteiger charge is -2.19. The maximum absolute atomic E-state index is 11.4. The van der Waals surface area contributed by atoms with Gasteiger partial charge in [0.15, 0.2) is 0 Å². The Kier molecular flexibility index (Phi) is 5.82. The molecule has 0 bridgehead atoms. The van der Waals surface area contributed by atoms with Crippen LogP contribution in [0.25, 0.3) is 0 Å². The number of rotatable bonds is 5. The predicted octanol–water partition coefficient (Wildman–Crippen LogP) is 2.04. The van der Waals surface area contributed by atoms with Crippen molar-refractivity contribution in [2.24, 2.45) is 0 Å². The number of anilines is 2. The van der Waals surface area contributed by atoms with Crippen LogP contribution in [0.4, 0.5) is 16.6 Å². The van der Waals surface area contributed by atoms with Gasteiger partial charge in [0.2, 0.25) is 5.95 Å². The number of hydrogen-bond donors (Lipinski definition) is 3. The van der Waals surface area contributed by atoms with Crippen LogP contribution in [0.15, 0.2) is 6.07 Å². The molecule has 20 heavy (non-hydrogen) atoms. The molecule has 0 saturated heterocycles. The van der Waals surface area contributed by atoms with Crippen molar-refractivity contribution < 1.29 is 9.53 Å². The average Bonchev–Trinajstić information content (AvgIpc) is 2.24. The van der Waals surface area contributed by atoms with E-state index in [-0.39, 0.29) is 11.1 Å². The van der Waals surface area contributed by atoms with Crippen LogP contribution >= 0.6 is 11.6 Å². The zero-order valence-electron chi connectivity index (χ0n) is 11.9. The Morgan fingerprint density at radius 2 is 2.10 bits per heavy atom. The van der Waals surface area contributed by atoms with Crippen molar-refractivity contribution in [2.45, 2.75) is 32.8 Å². The SMILES string of the molecule is CC(C)(C)OC(=O)NCCCNc1cc(Cl)nc(N)n1. The highest BCUT2D eigenvalue weighted by molar-refractivity contribution is 6.29. The van der Waals surface area contributed by atoms with Gasteiger partial charge in [0, 0.05) is 19.2 Å². The molecule has 1 rings (SSSR count). The van der Waals surface area contributed by atoms with E-state index in [4.69, 9.17) is 22.1 Å². The first-order chi connectivity index (χ1) is 9.26. The molecule has 112 valence electrons. The summed E-state index contributed by atoms with van der Waals surface area (Å²) in [6, 6.07) is 1.58. The Hall–Kier alpha value is -1.76. The molecule has 0 aliphatic rings. The van der Waals surface area contributed by atoms with Gasteiger partial charge in [-0.15, -0.1) is 0 Å². The Morgan fingerprint density at radius 1 is 1.40 bits per heavy atom. The van der Waals surface area contributed by atoms with Gasteiger partial charge in [0.1, 0.15) is 16.6 Å². The minimum atomic E-state index is -0.489. The van der Waals surface area contributed by atoms with Crippen LogP contribution in [0.3, 0.4) is 0 Å². The minimum absolute atomic E-state index is 0.117. The molecule has 0 saturated carbocycles. The van der Waals surface area contributed by atoms with E-state index in [1.54, 1.807) is 6.07 Å². The summed E-state index contributed by atoms with van der Waals surface area (Å²) < 4.78 is 5.11. The molecule has 0 aliphatic carbocycles. The number of carbonyl (C=O) groups is 1. The number of halogens is 1. The van der Waals surface area contributed by atoms with Crippen LogP contribution in [-0.2, 0) is 4.74 Å². The summed E-state index contributed by atoms with van der Waals surface area (Å²) in [4.78, 5) is 19.1. The first kappa shape index (κ1) is 16.3. The van der Waals surface area contributed by atoms with Crippen molar-refractivity contribution in [3.8, 4) is 0 Å². The zero-order valence-corrected chi connectivity index (χ0v) is 12.6. The largest absolute Gasteiger partial charge is 0.444 e. The molecule has 0 unspecified atom stereocenters. The molecule has 8 heteroatoms. The van der Waals surface area contributed by atoms with Gasteiger partial charge in [-0.2, -0.15) is 4.98 Å². The number of hydrogen-bond acceptors (Lipinski definition) is 6. The second kappa shape index (κ2) is 7.14. The second-order valence-corrected chi connectivity index (χ2v) is 5.53. The summed E-state index contributed by atoms with van der Waals surface area (Å²) in [7, 11) is 0. The van der Waals surface area contributed by atoms with E-state index in [2.05, 4.69) is 20.6 Å². The smallest absolute Gasteiger partial charge is 0.407 e. The molecule has 0 spiro atoms. The first-order valence-electron chi connectivity index (χ1n) is 6.27. The molecule has 0 aliphatic heterocycles. The summed E-state index contributed by atoms with van der Waals surface area (Å²) in [5, 5.41) is 5.99. The van der Waals surface area contributed by atoms with Crippen LogP contribution in [0.1, 0.15) is 27.2 Å². The zero-order chi connectivity index (χ0) is 15.2. The molecule has 1 aromatic heterocycles. The molecule has 0 radical (unpaired) electrons. The van der Waals surface area contributed by atoms with Gasteiger partial charge in [-0.3, -0.25) is 0 Å². The van der Waals surface area contributed by atoms with Crippen molar-refractivity contribution in [3.63, 3.8) is 0 Å². The maximum atomic E-state index is 11.4. The summed E-state index contributed by atoms with van der Waals surface area (Å²) >= 11 is 5.75. The third-order valence-electron chi connectivity index (χ3n) is 2.04. The Bertz CT molecular complexity index is 441. The lowest BCUT2D eigenvalue weighted by Crippen LogP contribution is -2.33. The fourth-order valence-corrected chi connectivity index (χ4v) is 1.53. The summed E-state index contributed by atoms with van der Waals surface area (Å²) in [6.45, 7) is 6.56. The predicted molar refractivity (Wildman–Crippen MR) is 78.8 cm³/mol. The fraction of sp³-hybridized carbons (Fsp3) is 0.583. The van der Waals surface area contributed by atoms with Crippen LogP contribution in [-0.4, -0.2) is 34.8 Å². The molecule has 0 atom stereocenters. The summed E-state index contributed by atoms with van der Waals surface area (Å²) in [6.07, 6.45) is 0.285. The highest BCUT2D eigenvalue weighted by Gasteiger charge is 2.15. The number of nitrogen functional groups attached to an aromatic ring is 1. The van der Waals surface area contributed by atoms with Crippen LogP contribution < -0.4 is 16.4 Å². The van der Waals surface area contributed by atoms with Crippen molar-refractivity contribution in [1.29, 1.82) is 0 Å². The van der Waals surface area contributed by atoms with Crippen LogP contribution in [0.5, 0.6) is 0 Å². The van der Waals surface area contributed by atoms with E-state index in [0.29, 0.717) is 25.3 Å². The van der Waals surface area contributed by atoms with Crippen molar-refractivity contribution >= 4 is 29.5 Å². The molecular formula is C12H20ClN5O2. The number of carbonyl (C=O) groups excluding carboxylic acids is 1. The van der Waals surface area contributed by atoms with Gasteiger partial charge in [-0.1, -0.05) is 11.6 Å². The highest BCUT2D eigenvalue weighted by Crippen LogP contribution is 2.12. The van der Waals surface area contributed by atoms with E-state index in [1.165, 1.54) is 0 Å².